The van der Waals surface area contributed by atoms with Gasteiger partial charge in [0.2, 0.25) is 11.8 Å². The fraction of sp³-hybridized carbons (Fsp3) is 0.414. The molecule has 2 atom stereocenters. The summed E-state index contributed by atoms with van der Waals surface area (Å²) in [6.45, 7) is 1.00. The molecule has 0 radical (unpaired) electrons. The van der Waals surface area contributed by atoms with E-state index in [4.69, 9.17) is 9.47 Å². The van der Waals surface area contributed by atoms with Gasteiger partial charge < -0.3 is 29.9 Å². The number of carbonyl (C=O) groups is 5. The van der Waals surface area contributed by atoms with Crippen molar-refractivity contribution in [3.8, 4) is 0 Å². The molecule has 0 aromatic heterocycles. The lowest BCUT2D eigenvalue weighted by Gasteiger charge is -2.41. The van der Waals surface area contributed by atoms with E-state index in [2.05, 4.69) is 10.6 Å². The lowest BCUT2D eigenvalue weighted by molar-refractivity contribution is -0.148. The van der Waals surface area contributed by atoms with E-state index < -0.39 is 41.9 Å². The molecule has 0 bridgehead atoms. The highest BCUT2D eigenvalue weighted by Gasteiger charge is 2.42. The van der Waals surface area contributed by atoms with E-state index >= 15 is 0 Å². The zero-order valence-corrected chi connectivity index (χ0v) is 22.3. The van der Waals surface area contributed by atoms with Gasteiger partial charge in [0.25, 0.3) is 0 Å². The van der Waals surface area contributed by atoms with Gasteiger partial charge in [-0.15, -0.1) is 0 Å². The lowest BCUT2D eigenvalue weighted by atomic mass is 10.1. The average Bonchev–Trinajstić information content (AvgIpc) is 2.96. The average molecular weight is 551 g/mol. The Morgan fingerprint density at radius 3 is 1.48 bits per heavy atom. The molecule has 4 rings (SSSR count). The van der Waals surface area contributed by atoms with E-state index in [0.717, 1.165) is 11.1 Å². The Labute approximate surface area is 232 Å². The number of piperazine rings is 2. The van der Waals surface area contributed by atoms with Crippen LogP contribution in [0.2, 0.25) is 0 Å². The zero-order chi connectivity index (χ0) is 28.3. The molecule has 2 aromatic carbocycles. The van der Waals surface area contributed by atoms with Gasteiger partial charge in [0, 0.05) is 39.0 Å². The summed E-state index contributed by atoms with van der Waals surface area (Å²) in [5.74, 6) is -2.16. The second-order valence-electron chi connectivity index (χ2n) is 9.60. The van der Waals surface area contributed by atoms with Crippen LogP contribution >= 0.6 is 0 Å². The standard InChI is InChI=1S/C29H34N4O7/c34-25(39-17-11-21-7-3-1-4-8-21)19-23-27(36)30-13-15-32(23)29(38)33-16-14-31-28(37)24(33)20-26(35)40-18-12-22-9-5-2-6-10-22/h1-10,23-24H,11-20H2,(H,30,36)(H,31,37). The van der Waals surface area contributed by atoms with Crippen LogP contribution in [-0.2, 0) is 41.5 Å². The van der Waals surface area contributed by atoms with Crippen molar-refractivity contribution >= 4 is 29.8 Å². The summed E-state index contributed by atoms with van der Waals surface area (Å²) in [6, 6.07) is 16.3. The first kappa shape index (κ1) is 28.6. The first-order valence-corrected chi connectivity index (χ1v) is 13.4. The lowest BCUT2D eigenvalue weighted by Crippen LogP contribution is -2.65. The van der Waals surface area contributed by atoms with Gasteiger partial charge in [0.1, 0.15) is 12.1 Å². The topological polar surface area (TPSA) is 134 Å². The van der Waals surface area contributed by atoms with Gasteiger partial charge in [0.05, 0.1) is 26.1 Å². The molecule has 4 amide bonds. The van der Waals surface area contributed by atoms with Crippen molar-refractivity contribution in [2.75, 3.05) is 39.4 Å². The molecule has 2 heterocycles. The molecule has 40 heavy (non-hydrogen) atoms. The van der Waals surface area contributed by atoms with Crippen LogP contribution in [0.1, 0.15) is 24.0 Å². The minimum Gasteiger partial charge on any atom is -0.465 e. The number of nitrogens with one attached hydrogen (secondary N) is 2. The van der Waals surface area contributed by atoms with Gasteiger partial charge in [-0.1, -0.05) is 60.7 Å². The monoisotopic (exact) mass is 550 g/mol. The predicted molar refractivity (Wildman–Crippen MR) is 144 cm³/mol. The van der Waals surface area contributed by atoms with Gasteiger partial charge >= 0.3 is 18.0 Å². The number of nitrogens with zero attached hydrogens (tertiary/aromatic N) is 2. The second-order valence-corrected chi connectivity index (χ2v) is 9.60. The Morgan fingerprint density at radius 2 is 1.07 bits per heavy atom. The van der Waals surface area contributed by atoms with Crippen LogP contribution in [-0.4, -0.2) is 91.1 Å². The smallest absolute Gasteiger partial charge is 0.321 e. The number of urea groups is 1. The van der Waals surface area contributed by atoms with E-state index in [1.807, 2.05) is 60.7 Å². The third kappa shape index (κ3) is 7.81. The summed E-state index contributed by atoms with van der Waals surface area (Å²) in [6.07, 6.45) is 0.410. The molecular formula is C29H34N4O7. The molecule has 11 nitrogen and oxygen atoms in total. The Balaban J connectivity index is 1.34. The normalized spacial score (nSPS) is 18.9. The molecule has 2 N–H and O–H groups in total. The Kier molecular flexibility index (Phi) is 10.1. The van der Waals surface area contributed by atoms with Crippen LogP contribution in [0.25, 0.3) is 0 Å². The number of esters is 2. The Bertz CT molecular complexity index is 1100. The van der Waals surface area contributed by atoms with Gasteiger partial charge in [-0.25, -0.2) is 4.79 Å². The van der Waals surface area contributed by atoms with Crippen LogP contribution in [0, 0.1) is 0 Å². The quantitative estimate of drug-likeness (QED) is 0.423. The van der Waals surface area contributed by atoms with E-state index in [1.54, 1.807) is 0 Å². The van der Waals surface area contributed by atoms with Crippen molar-refractivity contribution in [3.05, 3.63) is 71.8 Å². The van der Waals surface area contributed by atoms with Crippen molar-refractivity contribution in [1.29, 1.82) is 0 Å². The Hall–Kier alpha value is -4.41. The molecule has 2 saturated heterocycles. The van der Waals surface area contributed by atoms with E-state index in [0.29, 0.717) is 12.8 Å². The van der Waals surface area contributed by atoms with Crippen molar-refractivity contribution in [2.45, 2.75) is 37.8 Å². The molecule has 11 heteroatoms. The fourth-order valence-electron chi connectivity index (χ4n) is 4.75. The fourth-order valence-corrected chi connectivity index (χ4v) is 4.75. The first-order valence-electron chi connectivity index (χ1n) is 13.4. The van der Waals surface area contributed by atoms with Crippen LogP contribution in [0.15, 0.2) is 60.7 Å². The summed E-state index contributed by atoms with van der Waals surface area (Å²) in [5, 5.41) is 5.37. The summed E-state index contributed by atoms with van der Waals surface area (Å²) in [4.78, 5) is 66.7. The molecule has 0 aliphatic carbocycles. The highest BCUT2D eigenvalue weighted by atomic mass is 16.5. The first-order chi connectivity index (χ1) is 19.4. The second kappa shape index (κ2) is 14.1. The third-order valence-corrected chi connectivity index (χ3v) is 6.87. The number of amides is 4. The number of hydrogen-bond acceptors (Lipinski definition) is 7. The number of hydrogen-bond donors (Lipinski definition) is 2. The molecule has 2 unspecified atom stereocenters. The largest absolute Gasteiger partial charge is 0.465 e. The van der Waals surface area contributed by atoms with Crippen molar-refractivity contribution < 1.29 is 33.4 Å². The molecular weight excluding hydrogens is 516 g/mol. The van der Waals surface area contributed by atoms with Crippen molar-refractivity contribution in [1.82, 2.24) is 20.4 Å². The number of rotatable bonds is 10. The summed E-state index contributed by atoms with van der Waals surface area (Å²) in [7, 11) is 0. The maximum Gasteiger partial charge on any atom is 0.321 e. The number of carbonyl (C=O) groups excluding carboxylic acids is 5. The minimum absolute atomic E-state index is 0.145. The third-order valence-electron chi connectivity index (χ3n) is 6.87. The van der Waals surface area contributed by atoms with Crippen LogP contribution in [0.3, 0.4) is 0 Å². The SMILES string of the molecule is O=C(CC1C(=O)NCCN1C(=O)N1CCNC(=O)C1CC(=O)OCCc1ccccc1)OCCc1ccccc1. The van der Waals surface area contributed by atoms with Crippen molar-refractivity contribution in [3.63, 3.8) is 0 Å². The molecule has 212 valence electrons. The molecule has 2 aliphatic heterocycles. The molecule has 0 spiro atoms. The molecule has 2 fully saturated rings. The van der Waals surface area contributed by atoms with Gasteiger partial charge in [0.15, 0.2) is 0 Å². The molecule has 0 saturated carbocycles. The summed E-state index contributed by atoms with van der Waals surface area (Å²) >= 11 is 0. The zero-order valence-electron chi connectivity index (χ0n) is 22.3. The van der Waals surface area contributed by atoms with E-state index in [9.17, 15) is 24.0 Å². The highest BCUT2D eigenvalue weighted by molar-refractivity contribution is 5.95. The number of benzene rings is 2. The maximum atomic E-state index is 13.6. The van der Waals surface area contributed by atoms with Gasteiger partial charge in [-0.05, 0) is 11.1 Å². The predicted octanol–water partition coefficient (Wildman–Crippen LogP) is 1.06. The molecule has 2 aromatic rings. The van der Waals surface area contributed by atoms with Gasteiger partial charge in [-0.2, -0.15) is 0 Å². The number of ether oxygens (including phenoxy) is 2. The highest BCUT2D eigenvalue weighted by Crippen LogP contribution is 2.18. The summed E-state index contributed by atoms with van der Waals surface area (Å²) in [5.41, 5.74) is 2.02. The summed E-state index contributed by atoms with van der Waals surface area (Å²) < 4.78 is 10.7. The van der Waals surface area contributed by atoms with E-state index in [-0.39, 0.29) is 52.2 Å². The van der Waals surface area contributed by atoms with Gasteiger partial charge in [-0.3, -0.25) is 19.2 Å². The van der Waals surface area contributed by atoms with Crippen LogP contribution in [0.5, 0.6) is 0 Å². The van der Waals surface area contributed by atoms with Crippen molar-refractivity contribution in [2.24, 2.45) is 0 Å². The van der Waals surface area contributed by atoms with E-state index in [1.165, 1.54) is 9.80 Å². The minimum atomic E-state index is -1.09. The van der Waals surface area contributed by atoms with Crippen LogP contribution in [0.4, 0.5) is 4.79 Å². The van der Waals surface area contributed by atoms with Crippen LogP contribution < -0.4 is 10.6 Å². The Morgan fingerprint density at radius 1 is 0.675 bits per heavy atom. The maximum absolute atomic E-state index is 13.6. The molecule has 2 aliphatic rings.